The minimum atomic E-state index is -0.248. The number of aryl methyl sites for hydroxylation is 1. The van der Waals surface area contributed by atoms with Gasteiger partial charge in [-0.1, -0.05) is 24.3 Å². The molecule has 2 aromatic rings. The quantitative estimate of drug-likeness (QED) is 0.445. The van der Waals surface area contributed by atoms with Crippen molar-refractivity contribution in [1.29, 1.82) is 0 Å². The van der Waals surface area contributed by atoms with Gasteiger partial charge in [-0.05, 0) is 30.5 Å². The molecule has 0 atom stereocenters. The van der Waals surface area contributed by atoms with Gasteiger partial charge in [0.1, 0.15) is 5.69 Å². The second kappa shape index (κ2) is 9.26. The molecule has 3 aliphatic rings. The fourth-order valence-corrected chi connectivity index (χ4v) is 4.94. The van der Waals surface area contributed by atoms with Crippen molar-refractivity contribution < 1.29 is 9.59 Å². The number of benzene rings is 1. The zero-order valence-electron chi connectivity index (χ0n) is 18.9. The van der Waals surface area contributed by atoms with E-state index in [4.69, 9.17) is 0 Å². The highest BCUT2D eigenvalue weighted by atomic mass is 32.1. The van der Waals surface area contributed by atoms with Crippen LogP contribution in [0.25, 0.3) is 16.9 Å². The summed E-state index contributed by atoms with van der Waals surface area (Å²) in [5.74, 6) is -0.0889. The SMILES string of the molecule is CCn1cc(C(=O)N2CCN(C(=O)Cc3cccs3)CC2)c2nn(-c3ccccc3)c(=O)c-2c1. The Morgan fingerprint density at radius 3 is 2.38 bits per heavy atom. The van der Waals surface area contributed by atoms with Gasteiger partial charge in [-0.2, -0.15) is 9.78 Å². The van der Waals surface area contributed by atoms with Crippen molar-refractivity contribution in [2.75, 3.05) is 26.2 Å². The third-order valence-corrected chi connectivity index (χ3v) is 7.02. The highest BCUT2D eigenvalue weighted by molar-refractivity contribution is 7.10. The maximum Gasteiger partial charge on any atom is 0.282 e. The molecule has 34 heavy (non-hydrogen) atoms. The molecule has 9 heteroatoms. The molecule has 1 aromatic heterocycles. The first kappa shape index (κ1) is 22.1. The number of thiophene rings is 1. The first-order valence-electron chi connectivity index (χ1n) is 11.3. The van der Waals surface area contributed by atoms with Gasteiger partial charge in [0, 0.05) is 50.0 Å². The normalized spacial score (nSPS) is 14.0. The number of nitrogens with zero attached hydrogens (tertiary/aromatic N) is 5. The zero-order valence-corrected chi connectivity index (χ0v) is 19.7. The first-order valence-corrected chi connectivity index (χ1v) is 12.2. The summed E-state index contributed by atoms with van der Waals surface area (Å²) in [5.41, 5.74) is 1.63. The van der Waals surface area contributed by atoms with Crippen molar-refractivity contribution in [3.05, 3.63) is 81.0 Å². The number of hydrogen-bond donors (Lipinski definition) is 0. The fraction of sp³-hybridized carbons (Fsp3) is 0.280. The summed E-state index contributed by atoms with van der Waals surface area (Å²) in [7, 11) is 0. The van der Waals surface area contributed by atoms with Crippen LogP contribution in [0.15, 0.2) is 65.0 Å². The van der Waals surface area contributed by atoms with Gasteiger partial charge in [0.05, 0.1) is 23.2 Å². The molecule has 2 amide bonds. The van der Waals surface area contributed by atoms with Crippen molar-refractivity contribution in [3.63, 3.8) is 0 Å². The average molecular weight is 476 g/mol. The van der Waals surface area contributed by atoms with Crippen LogP contribution in [0.2, 0.25) is 0 Å². The summed E-state index contributed by atoms with van der Waals surface area (Å²) in [5, 5.41) is 6.51. The zero-order chi connectivity index (χ0) is 23.7. The van der Waals surface area contributed by atoms with Gasteiger partial charge in [0.25, 0.3) is 11.5 Å². The van der Waals surface area contributed by atoms with Crippen LogP contribution < -0.4 is 5.56 Å². The lowest BCUT2D eigenvalue weighted by molar-refractivity contribution is -0.131. The van der Waals surface area contributed by atoms with Crippen LogP contribution in [0.1, 0.15) is 22.2 Å². The lowest BCUT2D eigenvalue weighted by Gasteiger charge is -2.35. The molecule has 3 aliphatic heterocycles. The van der Waals surface area contributed by atoms with E-state index in [1.807, 2.05) is 64.2 Å². The maximum atomic E-state index is 13.5. The van der Waals surface area contributed by atoms with Crippen LogP contribution in [-0.2, 0) is 17.8 Å². The summed E-state index contributed by atoms with van der Waals surface area (Å²) in [6, 6.07) is 13.1. The molecule has 8 nitrogen and oxygen atoms in total. The van der Waals surface area contributed by atoms with Crippen molar-refractivity contribution in [1.82, 2.24) is 24.1 Å². The van der Waals surface area contributed by atoms with Gasteiger partial charge in [0.2, 0.25) is 5.91 Å². The van der Waals surface area contributed by atoms with E-state index in [9.17, 15) is 14.4 Å². The summed E-state index contributed by atoms with van der Waals surface area (Å²) in [4.78, 5) is 43.9. The van der Waals surface area contributed by atoms with Crippen molar-refractivity contribution in [2.24, 2.45) is 0 Å². The first-order chi connectivity index (χ1) is 16.5. The summed E-state index contributed by atoms with van der Waals surface area (Å²) in [6.07, 6.45) is 3.91. The lowest BCUT2D eigenvalue weighted by atomic mass is 10.1. The number of carbonyl (C=O) groups is 2. The Hall–Kier alpha value is -3.72. The number of pyridine rings is 1. The Labute approximate surface area is 201 Å². The predicted molar refractivity (Wildman–Crippen MR) is 131 cm³/mol. The number of amides is 2. The van der Waals surface area contributed by atoms with E-state index in [1.165, 1.54) is 4.68 Å². The van der Waals surface area contributed by atoms with Gasteiger partial charge in [-0.3, -0.25) is 14.4 Å². The van der Waals surface area contributed by atoms with Crippen LogP contribution in [-0.4, -0.2) is 62.1 Å². The van der Waals surface area contributed by atoms with Gasteiger partial charge >= 0.3 is 0 Å². The van der Waals surface area contributed by atoms with Gasteiger partial charge < -0.3 is 14.4 Å². The largest absolute Gasteiger partial charge is 0.353 e. The topological polar surface area (TPSA) is 80.4 Å². The fourth-order valence-electron chi connectivity index (χ4n) is 4.25. The number of aromatic nitrogens is 3. The van der Waals surface area contributed by atoms with Crippen LogP contribution in [0.3, 0.4) is 0 Å². The van der Waals surface area contributed by atoms with E-state index in [2.05, 4.69) is 5.10 Å². The molecule has 0 saturated carbocycles. The van der Waals surface area contributed by atoms with Crippen LogP contribution in [0.5, 0.6) is 0 Å². The van der Waals surface area contributed by atoms with Crippen LogP contribution >= 0.6 is 11.3 Å². The van der Waals surface area contributed by atoms with Gasteiger partial charge in [-0.15, -0.1) is 11.3 Å². The molecule has 0 spiro atoms. The van der Waals surface area contributed by atoms with Gasteiger partial charge in [0.15, 0.2) is 0 Å². The van der Waals surface area contributed by atoms with E-state index < -0.39 is 0 Å². The predicted octanol–water partition coefficient (Wildman–Crippen LogP) is 2.75. The molecule has 174 valence electrons. The van der Waals surface area contributed by atoms with Crippen molar-refractivity contribution in [3.8, 4) is 16.9 Å². The molecule has 1 saturated heterocycles. The van der Waals surface area contributed by atoms with Crippen molar-refractivity contribution >= 4 is 23.2 Å². The minimum absolute atomic E-state index is 0.0816. The molecule has 1 fully saturated rings. The molecular formula is C25H25N5O3S. The van der Waals surface area contributed by atoms with E-state index in [-0.39, 0.29) is 17.4 Å². The second-order valence-electron chi connectivity index (χ2n) is 8.25. The smallest absolute Gasteiger partial charge is 0.282 e. The molecule has 4 heterocycles. The third-order valence-electron chi connectivity index (χ3n) is 6.14. The number of para-hydroxylation sites is 1. The highest BCUT2D eigenvalue weighted by Gasteiger charge is 2.30. The molecule has 0 N–H and O–H groups in total. The van der Waals surface area contributed by atoms with Crippen molar-refractivity contribution in [2.45, 2.75) is 19.9 Å². The number of fused-ring (bicyclic) bond motifs is 1. The third kappa shape index (κ3) is 4.14. The summed E-state index contributed by atoms with van der Waals surface area (Å²) in [6.45, 7) is 4.46. The minimum Gasteiger partial charge on any atom is -0.353 e. The highest BCUT2D eigenvalue weighted by Crippen LogP contribution is 2.24. The molecule has 0 radical (unpaired) electrons. The average Bonchev–Trinajstić information content (AvgIpc) is 3.51. The lowest BCUT2D eigenvalue weighted by Crippen LogP contribution is -2.51. The molecule has 0 aliphatic carbocycles. The number of rotatable bonds is 5. The number of piperazine rings is 1. The number of hydrogen-bond acceptors (Lipinski definition) is 5. The second-order valence-corrected chi connectivity index (χ2v) is 9.28. The Kier molecular flexibility index (Phi) is 6.02. The van der Waals surface area contributed by atoms with E-state index >= 15 is 0 Å². The molecule has 5 rings (SSSR count). The monoisotopic (exact) mass is 475 g/mol. The van der Waals surface area contributed by atoms with Crippen LogP contribution in [0.4, 0.5) is 0 Å². The Morgan fingerprint density at radius 2 is 1.71 bits per heavy atom. The van der Waals surface area contributed by atoms with E-state index in [1.54, 1.807) is 28.6 Å². The Balaban J connectivity index is 1.39. The molecule has 0 unspecified atom stereocenters. The molecule has 1 aromatic carbocycles. The number of carbonyl (C=O) groups excluding carboxylic acids is 2. The Morgan fingerprint density at radius 1 is 0.971 bits per heavy atom. The standard InChI is InChI=1S/C25H25N5O3S/c1-2-27-16-20(23-21(17-27)25(33)30(26-23)18-7-4-3-5-8-18)24(32)29-12-10-28(11-13-29)22(31)15-19-9-6-14-34-19/h3-9,14,16-17H,2,10-13,15H2,1H3. The molecule has 0 bridgehead atoms. The van der Waals surface area contributed by atoms with Gasteiger partial charge in [-0.25, -0.2) is 0 Å². The molecular weight excluding hydrogens is 450 g/mol. The summed E-state index contributed by atoms with van der Waals surface area (Å²) >= 11 is 1.58. The van der Waals surface area contributed by atoms with Crippen LogP contribution in [0, 0.1) is 0 Å². The summed E-state index contributed by atoms with van der Waals surface area (Å²) < 4.78 is 3.19. The van der Waals surface area contributed by atoms with E-state index in [0.717, 1.165) is 4.88 Å². The Bertz CT molecular complexity index is 1330. The van der Waals surface area contributed by atoms with E-state index in [0.29, 0.717) is 61.7 Å². The maximum absolute atomic E-state index is 13.5.